The number of nitrogens with zero attached hydrogens (tertiary/aromatic N) is 3. The molecule has 30 heavy (non-hydrogen) atoms. The van der Waals surface area contributed by atoms with Gasteiger partial charge in [0.1, 0.15) is 5.65 Å². The summed E-state index contributed by atoms with van der Waals surface area (Å²) in [6, 6.07) is 13.5. The van der Waals surface area contributed by atoms with Crippen molar-refractivity contribution in [3.8, 4) is 0 Å². The zero-order valence-corrected chi connectivity index (χ0v) is 17.0. The first kappa shape index (κ1) is 19.3. The van der Waals surface area contributed by atoms with Gasteiger partial charge in [-0.15, -0.1) is 0 Å². The molecule has 156 valence electrons. The second-order valence-electron chi connectivity index (χ2n) is 8.37. The van der Waals surface area contributed by atoms with E-state index in [0.29, 0.717) is 37.5 Å². The van der Waals surface area contributed by atoms with Crippen LogP contribution in [0.2, 0.25) is 0 Å². The Morgan fingerprint density at radius 3 is 2.57 bits per heavy atom. The van der Waals surface area contributed by atoms with E-state index >= 15 is 0 Å². The van der Waals surface area contributed by atoms with E-state index < -0.39 is 0 Å². The van der Waals surface area contributed by atoms with Crippen LogP contribution in [0, 0.1) is 0 Å². The van der Waals surface area contributed by atoms with Crippen molar-refractivity contribution in [1.82, 2.24) is 14.4 Å². The fraction of sp³-hybridized carbons (Fsp3) is 0.417. The number of hydrogen-bond donors (Lipinski definition) is 1. The monoisotopic (exact) mass is 405 g/mol. The smallest absolute Gasteiger partial charge is 0.277 e. The van der Waals surface area contributed by atoms with Crippen molar-refractivity contribution in [2.24, 2.45) is 0 Å². The van der Waals surface area contributed by atoms with Crippen molar-refractivity contribution in [2.45, 2.75) is 50.5 Å². The Bertz CT molecular complexity index is 1030. The molecule has 1 aliphatic carbocycles. The number of rotatable bonds is 5. The van der Waals surface area contributed by atoms with Gasteiger partial charge in [-0.25, -0.2) is 10.0 Å². The first-order valence-electron chi connectivity index (χ1n) is 10.9. The van der Waals surface area contributed by atoms with Crippen LogP contribution in [-0.4, -0.2) is 44.8 Å². The highest BCUT2D eigenvalue weighted by molar-refractivity contribution is 5.93. The van der Waals surface area contributed by atoms with E-state index in [-0.39, 0.29) is 11.9 Å². The SMILES string of the molecule is O=C(c1ccc(Cc2c(C3CCC3)nc3ccccn23)cc1)N(O)C1CCOCC1. The van der Waals surface area contributed by atoms with Gasteiger partial charge in [-0.2, -0.15) is 0 Å². The van der Waals surface area contributed by atoms with Crippen LogP contribution in [-0.2, 0) is 11.2 Å². The average molecular weight is 405 g/mol. The number of benzene rings is 1. The molecule has 0 radical (unpaired) electrons. The predicted molar refractivity (Wildman–Crippen MR) is 113 cm³/mol. The predicted octanol–water partition coefficient (Wildman–Crippen LogP) is 4.20. The van der Waals surface area contributed by atoms with Gasteiger partial charge >= 0.3 is 0 Å². The van der Waals surface area contributed by atoms with Gasteiger partial charge in [0, 0.05) is 37.3 Å². The van der Waals surface area contributed by atoms with Crippen LogP contribution in [0.1, 0.15) is 65.3 Å². The van der Waals surface area contributed by atoms with Crippen LogP contribution in [0.15, 0.2) is 48.7 Å². The molecule has 1 saturated carbocycles. The Morgan fingerprint density at radius 1 is 1.10 bits per heavy atom. The van der Waals surface area contributed by atoms with Crippen LogP contribution in [0.4, 0.5) is 0 Å². The Hall–Kier alpha value is -2.70. The van der Waals surface area contributed by atoms with E-state index in [2.05, 4.69) is 16.7 Å². The van der Waals surface area contributed by atoms with Gasteiger partial charge in [0.15, 0.2) is 0 Å². The van der Waals surface area contributed by atoms with Crippen molar-refractivity contribution in [2.75, 3.05) is 13.2 Å². The van der Waals surface area contributed by atoms with E-state index in [1.165, 1.54) is 30.7 Å². The minimum Gasteiger partial charge on any atom is -0.381 e. The highest BCUT2D eigenvalue weighted by Crippen LogP contribution is 2.38. The summed E-state index contributed by atoms with van der Waals surface area (Å²) in [5.74, 6) is 0.210. The molecular weight excluding hydrogens is 378 g/mol. The zero-order chi connectivity index (χ0) is 20.5. The standard InChI is InChI=1S/C24H27N3O3/c28-24(27(29)20-11-14-30-15-12-20)19-9-7-17(8-10-19)16-21-23(18-4-3-5-18)25-22-6-1-2-13-26(21)22/h1-2,6-10,13,18,20,29H,3-5,11-12,14-16H2. The molecule has 2 fully saturated rings. The lowest BCUT2D eigenvalue weighted by Crippen LogP contribution is -2.41. The maximum atomic E-state index is 12.7. The molecule has 3 heterocycles. The lowest BCUT2D eigenvalue weighted by atomic mass is 9.81. The Morgan fingerprint density at radius 2 is 1.87 bits per heavy atom. The van der Waals surface area contributed by atoms with Crippen LogP contribution in [0.5, 0.6) is 0 Å². The lowest BCUT2D eigenvalue weighted by molar-refractivity contribution is -0.112. The number of aromatic nitrogens is 2. The average Bonchev–Trinajstić information content (AvgIpc) is 3.10. The number of hydrogen-bond acceptors (Lipinski definition) is 4. The highest BCUT2D eigenvalue weighted by atomic mass is 16.5. The molecule has 0 atom stereocenters. The summed E-state index contributed by atoms with van der Waals surface area (Å²) >= 11 is 0. The first-order chi connectivity index (χ1) is 14.7. The first-order valence-corrected chi connectivity index (χ1v) is 10.9. The third-order valence-corrected chi connectivity index (χ3v) is 6.47. The summed E-state index contributed by atoms with van der Waals surface area (Å²) in [6.45, 7) is 1.16. The fourth-order valence-corrected chi connectivity index (χ4v) is 4.44. The molecule has 1 aliphatic heterocycles. The van der Waals surface area contributed by atoms with Crippen molar-refractivity contribution in [1.29, 1.82) is 0 Å². The summed E-state index contributed by atoms with van der Waals surface area (Å²) in [5, 5.41) is 11.2. The minimum absolute atomic E-state index is 0.172. The third kappa shape index (κ3) is 3.61. The second-order valence-corrected chi connectivity index (χ2v) is 8.37. The van der Waals surface area contributed by atoms with Gasteiger partial charge < -0.3 is 9.14 Å². The molecule has 0 spiro atoms. The van der Waals surface area contributed by atoms with Crippen molar-refractivity contribution >= 4 is 11.6 Å². The molecule has 0 unspecified atom stereocenters. The van der Waals surface area contributed by atoms with E-state index in [4.69, 9.17) is 9.72 Å². The largest absolute Gasteiger partial charge is 0.381 e. The number of imidazole rings is 1. The number of fused-ring (bicyclic) bond motifs is 1. The van der Waals surface area contributed by atoms with Crippen molar-refractivity contribution < 1.29 is 14.7 Å². The number of carbonyl (C=O) groups excluding carboxylic acids is 1. The molecule has 1 saturated heterocycles. The number of hydroxylamine groups is 2. The quantitative estimate of drug-likeness (QED) is 0.510. The van der Waals surface area contributed by atoms with Gasteiger partial charge in [-0.05, 0) is 55.5 Å². The zero-order valence-electron chi connectivity index (χ0n) is 17.0. The number of amides is 1. The molecule has 1 N–H and O–H groups in total. The van der Waals surface area contributed by atoms with E-state index in [1.54, 1.807) is 0 Å². The molecule has 3 aromatic rings. The molecule has 0 bridgehead atoms. The topological polar surface area (TPSA) is 67.1 Å². The summed E-state index contributed by atoms with van der Waals surface area (Å²) in [4.78, 5) is 17.6. The lowest BCUT2D eigenvalue weighted by Gasteiger charge is -2.29. The minimum atomic E-state index is -0.349. The van der Waals surface area contributed by atoms with Crippen molar-refractivity contribution in [3.63, 3.8) is 0 Å². The summed E-state index contributed by atoms with van der Waals surface area (Å²) in [6.07, 6.45) is 7.88. The Kier molecular flexibility index (Phi) is 5.27. The van der Waals surface area contributed by atoms with Gasteiger partial charge in [-0.3, -0.25) is 10.0 Å². The van der Waals surface area contributed by atoms with Crippen LogP contribution < -0.4 is 0 Å². The maximum absolute atomic E-state index is 12.7. The van der Waals surface area contributed by atoms with Gasteiger partial charge in [0.25, 0.3) is 5.91 Å². The van der Waals surface area contributed by atoms with Gasteiger partial charge in [0.05, 0.1) is 17.4 Å². The normalized spacial score (nSPS) is 17.8. The van der Waals surface area contributed by atoms with Crippen LogP contribution in [0.25, 0.3) is 5.65 Å². The van der Waals surface area contributed by atoms with E-state index in [0.717, 1.165) is 22.7 Å². The summed E-state index contributed by atoms with van der Waals surface area (Å²) in [5.41, 5.74) is 5.08. The number of pyridine rings is 1. The van der Waals surface area contributed by atoms with Crippen LogP contribution >= 0.6 is 0 Å². The Labute approximate surface area is 176 Å². The molecule has 6 nitrogen and oxygen atoms in total. The molecule has 1 aromatic carbocycles. The molecule has 2 aromatic heterocycles. The number of ether oxygens (including phenoxy) is 1. The van der Waals surface area contributed by atoms with E-state index in [1.807, 2.05) is 36.4 Å². The maximum Gasteiger partial charge on any atom is 0.277 e. The fourth-order valence-electron chi connectivity index (χ4n) is 4.44. The third-order valence-electron chi connectivity index (χ3n) is 6.47. The summed E-state index contributed by atoms with van der Waals surface area (Å²) < 4.78 is 7.50. The van der Waals surface area contributed by atoms with Gasteiger partial charge in [-0.1, -0.05) is 24.6 Å². The molecular formula is C24H27N3O3. The van der Waals surface area contributed by atoms with Crippen LogP contribution in [0.3, 0.4) is 0 Å². The molecule has 6 heteroatoms. The van der Waals surface area contributed by atoms with E-state index in [9.17, 15) is 10.0 Å². The molecule has 5 rings (SSSR count). The summed E-state index contributed by atoms with van der Waals surface area (Å²) in [7, 11) is 0. The van der Waals surface area contributed by atoms with Gasteiger partial charge in [0.2, 0.25) is 0 Å². The number of carbonyl (C=O) groups is 1. The molecule has 2 aliphatic rings. The Balaban J connectivity index is 1.36. The second kappa shape index (κ2) is 8.20. The molecule has 1 amide bonds. The van der Waals surface area contributed by atoms with Crippen molar-refractivity contribution in [3.05, 3.63) is 71.2 Å². The highest BCUT2D eigenvalue weighted by Gasteiger charge is 2.27.